The molecule has 32 heavy (non-hydrogen) atoms. The van der Waals surface area contributed by atoms with Crippen LogP contribution < -0.4 is 10.6 Å². The topological polar surface area (TPSA) is 26.3 Å². The second-order valence-electron chi connectivity index (χ2n) is 10.2. The summed E-state index contributed by atoms with van der Waals surface area (Å²) in [4.78, 5) is 0. The molecule has 0 bridgehead atoms. The molecule has 0 amide bonds. The first-order valence-corrected chi connectivity index (χ1v) is 16.2. The highest BCUT2D eigenvalue weighted by atomic mass is 31.2. The van der Waals surface area contributed by atoms with E-state index in [1.165, 1.54) is 0 Å². The Hall–Kier alpha value is -1.74. The van der Waals surface area contributed by atoms with Crippen LogP contribution in [-0.4, -0.2) is 26.8 Å². The molecule has 0 spiro atoms. The van der Waals surface area contributed by atoms with Gasteiger partial charge < -0.3 is 8.99 Å². The van der Waals surface area contributed by atoms with Crippen molar-refractivity contribution in [3.05, 3.63) is 84.5 Å². The third-order valence-electron chi connectivity index (χ3n) is 6.91. The van der Waals surface area contributed by atoms with E-state index in [1.54, 1.807) is 0 Å². The van der Waals surface area contributed by atoms with Crippen LogP contribution in [0.5, 0.6) is 0 Å². The minimum absolute atomic E-state index is 0.0532. The molecule has 0 heterocycles. The maximum absolute atomic E-state index is 14.9. The third-order valence-corrected chi connectivity index (χ3v) is 14.5. The van der Waals surface area contributed by atoms with E-state index in [2.05, 4.69) is 40.4 Å². The summed E-state index contributed by atoms with van der Waals surface area (Å²) in [6, 6.07) is 19.3. The Bertz CT molecular complexity index is 965. The second-order valence-corrected chi connectivity index (χ2v) is 17.9. The van der Waals surface area contributed by atoms with Crippen LogP contribution in [0, 0.1) is 0 Å². The third kappa shape index (κ3) is 5.42. The molecule has 2 aromatic rings. The molecular formula is C27H36FO2PSi. The fourth-order valence-corrected chi connectivity index (χ4v) is 7.80. The van der Waals surface area contributed by atoms with Crippen LogP contribution in [0.3, 0.4) is 0 Å². The molecule has 5 heteroatoms. The van der Waals surface area contributed by atoms with Gasteiger partial charge in [-0.15, -0.1) is 0 Å². The van der Waals surface area contributed by atoms with Gasteiger partial charge in [-0.3, -0.25) is 0 Å². The first-order valence-electron chi connectivity index (χ1n) is 11.4. The number of benzene rings is 2. The summed E-state index contributed by atoms with van der Waals surface area (Å²) in [5.41, 5.74) is 1.35. The molecule has 1 aliphatic rings. The van der Waals surface area contributed by atoms with Crippen LogP contribution in [0.1, 0.15) is 33.6 Å². The average molecular weight is 471 g/mol. The van der Waals surface area contributed by atoms with E-state index in [1.807, 2.05) is 66.7 Å². The molecule has 2 atom stereocenters. The van der Waals surface area contributed by atoms with Crippen molar-refractivity contribution in [2.24, 2.45) is 0 Å². The maximum atomic E-state index is 14.9. The zero-order valence-corrected chi connectivity index (χ0v) is 21.9. The van der Waals surface area contributed by atoms with Crippen molar-refractivity contribution in [3.8, 4) is 0 Å². The van der Waals surface area contributed by atoms with Gasteiger partial charge in [0.2, 0.25) is 0 Å². The molecule has 0 aromatic heterocycles. The molecule has 0 fully saturated rings. The standard InChI is InChI=1S/C27H36FO2PSi/c1-21-22(19-23(20-26(21)28)30-32(5,6)27(2,3)4)17-18-31(29,24-13-9-7-10-14-24)25-15-11-8-12-16-25/h7-16,19,23,26H,1,17-18,20H2,2-6H3/t23-,26+/m1/s1. The van der Waals surface area contributed by atoms with Crippen molar-refractivity contribution in [2.75, 3.05) is 6.16 Å². The molecule has 0 unspecified atom stereocenters. The highest BCUT2D eigenvalue weighted by molar-refractivity contribution is 7.78. The monoisotopic (exact) mass is 470 g/mol. The van der Waals surface area contributed by atoms with Gasteiger partial charge >= 0.3 is 0 Å². The van der Waals surface area contributed by atoms with Gasteiger partial charge in [0.15, 0.2) is 8.32 Å². The van der Waals surface area contributed by atoms with Gasteiger partial charge in [0, 0.05) is 23.2 Å². The molecule has 0 aliphatic heterocycles. The Balaban J connectivity index is 1.88. The Kier molecular flexibility index (Phi) is 7.49. The molecule has 0 radical (unpaired) electrons. The minimum Gasteiger partial charge on any atom is -0.410 e. The lowest BCUT2D eigenvalue weighted by Gasteiger charge is -2.40. The van der Waals surface area contributed by atoms with Crippen LogP contribution in [0.25, 0.3) is 0 Å². The van der Waals surface area contributed by atoms with E-state index in [9.17, 15) is 8.96 Å². The van der Waals surface area contributed by atoms with Crippen molar-refractivity contribution in [3.63, 3.8) is 0 Å². The quantitative estimate of drug-likeness (QED) is 0.321. The van der Waals surface area contributed by atoms with Crippen molar-refractivity contribution in [1.29, 1.82) is 0 Å². The molecule has 3 rings (SSSR count). The minimum atomic E-state index is -2.86. The lowest BCUT2D eigenvalue weighted by Crippen LogP contribution is -2.44. The lowest BCUT2D eigenvalue weighted by molar-refractivity contribution is 0.174. The van der Waals surface area contributed by atoms with Crippen molar-refractivity contribution >= 4 is 26.1 Å². The zero-order chi connectivity index (χ0) is 23.6. The van der Waals surface area contributed by atoms with Crippen molar-refractivity contribution in [1.82, 2.24) is 0 Å². The lowest BCUT2D eigenvalue weighted by atomic mass is 9.90. The normalized spacial score (nSPS) is 20.2. The maximum Gasteiger partial charge on any atom is 0.192 e. The zero-order valence-electron chi connectivity index (χ0n) is 20.0. The highest BCUT2D eigenvalue weighted by Gasteiger charge is 2.40. The molecule has 172 valence electrons. The number of hydrogen-bond acceptors (Lipinski definition) is 2. The molecule has 0 saturated carbocycles. The Morgan fingerprint density at radius 1 is 1.03 bits per heavy atom. The van der Waals surface area contributed by atoms with E-state index >= 15 is 0 Å². The predicted octanol–water partition coefficient (Wildman–Crippen LogP) is 7.01. The van der Waals surface area contributed by atoms with E-state index in [-0.39, 0.29) is 11.1 Å². The highest BCUT2D eigenvalue weighted by Crippen LogP contribution is 2.46. The fourth-order valence-electron chi connectivity index (χ4n) is 3.85. The van der Waals surface area contributed by atoms with Crippen molar-refractivity contribution < 1.29 is 13.4 Å². The summed E-state index contributed by atoms with van der Waals surface area (Å²) in [5.74, 6) is 0. The molecule has 0 saturated heterocycles. The first-order chi connectivity index (χ1) is 14.9. The number of alkyl halides is 1. The SMILES string of the molecule is C=C1C(CCP(=O)(c2ccccc2)c2ccccc2)=C[C@@H](O[Si](C)(C)C(C)(C)C)C[C@@H]1F. The van der Waals surface area contributed by atoms with Crippen LogP contribution in [0.4, 0.5) is 4.39 Å². The Morgan fingerprint density at radius 3 is 2.00 bits per heavy atom. The van der Waals surface area contributed by atoms with E-state index in [0.717, 1.165) is 16.2 Å². The van der Waals surface area contributed by atoms with Gasteiger partial charge in [-0.25, -0.2) is 4.39 Å². The number of hydrogen-bond donors (Lipinski definition) is 0. The van der Waals surface area contributed by atoms with E-state index in [0.29, 0.717) is 24.6 Å². The summed E-state index contributed by atoms with van der Waals surface area (Å²) in [5, 5.41) is 1.72. The van der Waals surface area contributed by atoms with E-state index in [4.69, 9.17) is 4.43 Å². The van der Waals surface area contributed by atoms with Gasteiger partial charge in [-0.1, -0.05) is 94.1 Å². The largest absolute Gasteiger partial charge is 0.410 e. The summed E-state index contributed by atoms with van der Waals surface area (Å²) >= 11 is 0. The summed E-state index contributed by atoms with van der Waals surface area (Å²) in [6.07, 6.45) is 1.91. The van der Waals surface area contributed by atoms with Gasteiger partial charge in [0.05, 0.1) is 6.10 Å². The molecule has 2 aromatic carbocycles. The summed E-state index contributed by atoms with van der Waals surface area (Å²) in [7, 11) is -4.89. The molecule has 0 N–H and O–H groups in total. The number of halogens is 1. The smallest absolute Gasteiger partial charge is 0.192 e. The van der Waals surface area contributed by atoms with Gasteiger partial charge in [0.25, 0.3) is 0 Å². The fraction of sp³-hybridized carbons (Fsp3) is 0.407. The molecule has 1 aliphatic carbocycles. The first kappa shape index (κ1) is 24.9. The second kappa shape index (κ2) is 9.63. The van der Waals surface area contributed by atoms with Gasteiger partial charge in [-0.05, 0) is 35.7 Å². The number of rotatable bonds is 7. The Labute approximate surface area is 194 Å². The van der Waals surface area contributed by atoms with Crippen molar-refractivity contribution in [2.45, 2.75) is 64.0 Å². The molecular weight excluding hydrogens is 434 g/mol. The van der Waals surface area contributed by atoms with E-state index < -0.39 is 21.6 Å². The van der Waals surface area contributed by atoms with Crippen LogP contribution in [-0.2, 0) is 8.99 Å². The van der Waals surface area contributed by atoms with Crippen LogP contribution in [0.15, 0.2) is 84.5 Å². The Morgan fingerprint density at radius 2 is 1.53 bits per heavy atom. The molecule has 2 nitrogen and oxygen atoms in total. The number of allylic oxidation sites excluding steroid dienone is 2. The predicted molar refractivity (Wildman–Crippen MR) is 138 cm³/mol. The summed E-state index contributed by atoms with van der Waals surface area (Å²) < 4.78 is 35.8. The van der Waals surface area contributed by atoms with Crippen LogP contribution in [0.2, 0.25) is 18.1 Å². The average Bonchev–Trinajstić information content (AvgIpc) is 2.75. The summed E-state index contributed by atoms with van der Waals surface area (Å²) in [6.45, 7) is 15.0. The van der Waals surface area contributed by atoms with Crippen LogP contribution >= 0.6 is 7.14 Å². The van der Waals surface area contributed by atoms with Gasteiger partial charge in [-0.2, -0.15) is 0 Å². The van der Waals surface area contributed by atoms with Gasteiger partial charge in [0.1, 0.15) is 13.3 Å².